The molecule has 2 atom stereocenters. The number of nitrogens with zero attached hydrogens (tertiary/aromatic N) is 7. The number of benzene rings is 1. The summed E-state index contributed by atoms with van der Waals surface area (Å²) in [5.41, 5.74) is -0.211. The number of amides is 2. The summed E-state index contributed by atoms with van der Waals surface area (Å²) in [6.07, 6.45) is -4.14. The van der Waals surface area contributed by atoms with Gasteiger partial charge in [0.05, 0.1) is 31.5 Å². The summed E-state index contributed by atoms with van der Waals surface area (Å²) in [5.74, 6) is -5.83. The Bertz CT molecular complexity index is 1510. The van der Waals surface area contributed by atoms with E-state index in [4.69, 9.17) is 0 Å². The molecule has 2 amide bonds. The Morgan fingerprint density at radius 1 is 1.11 bits per heavy atom. The number of alkyl halides is 6. The van der Waals surface area contributed by atoms with E-state index in [1.54, 1.807) is 0 Å². The number of aromatic nitrogens is 4. The Balaban J connectivity index is 1.17. The third kappa shape index (κ3) is 9.83. The fraction of sp³-hybridized carbons (Fsp3) is 0.423. The molecule has 45 heavy (non-hydrogen) atoms. The number of carbonyl (C=O) groups excluding carboxylic acids is 2. The number of aryl methyl sites for hydroxylation is 1. The summed E-state index contributed by atoms with van der Waals surface area (Å²) in [6.45, 7) is -0.00309. The molecule has 3 aromatic rings. The molecular weight excluding hydrogens is 619 g/mol. The van der Waals surface area contributed by atoms with Crippen LogP contribution in [-0.2, 0) is 30.4 Å². The molecule has 1 aromatic carbocycles. The summed E-state index contributed by atoms with van der Waals surface area (Å²) in [5, 5.41) is 21.2. The third-order valence-electron chi connectivity index (χ3n) is 6.32. The molecular formula is C26H26F7N9O3. The van der Waals surface area contributed by atoms with Crippen molar-refractivity contribution in [2.45, 2.75) is 57.5 Å². The Morgan fingerprint density at radius 3 is 2.58 bits per heavy atom. The number of nitrogens with one attached hydrogen (secondary N) is 2. The van der Waals surface area contributed by atoms with Crippen molar-refractivity contribution in [1.29, 1.82) is 0 Å². The second-order valence-corrected chi connectivity index (χ2v) is 9.97. The van der Waals surface area contributed by atoms with E-state index < -0.39 is 54.4 Å². The zero-order valence-corrected chi connectivity index (χ0v) is 23.4. The number of carbonyl (C=O) groups is 2. The molecule has 12 nitrogen and oxygen atoms in total. The molecule has 4 rings (SSSR count). The smallest absolute Gasteiger partial charge is 0.406 e. The van der Waals surface area contributed by atoms with Crippen molar-refractivity contribution in [3.05, 3.63) is 71.1 Å². The summed E-state index contributed by atoms with van der Waals surface area (Å²) >= 11 is 0. The minimum atomic E-state index is -4.97. The minimum Gasteiger partial charge on any atom is -0.406 e. The largest absolute Gasteiger partial charge is 0.573 e. The average Bonchev–Trinajstić information content (AvgIpc) is 3.64. The second kappa shape index (κ2) is 13.9. The van der Waals surface area contributed by atoms with Crippen molar-refractivity contribution in [2.75, 3.05) is 13.1 Å². The van der Waals surface area contributed by atoms with Gasteiger partial charge in [-0.05, 0) is 30.3 Å². The second-order valence-electron chi connectivity index (χ2n) is 9.97. The number of hydrogen-bond donors (Lipinski definition) is 2. The van der Waals surface area contributed by atoms with Gasteiger partial charge in [0.25, 0.3) is 11.8 Å². The van der Waals surface area contributed by atoms with Crippen molar-refractivity contribution in [2.24, 2.45) is 10.3 Å². The van der Waals surface area contributed by atoms with Crippen molar-refractivity contribution >= 4 is 11.8 Å². The van der Waals surface area contributed by atoms with Gasteiger partial charge in [0, 0.05) is 43.8 Å². The van der Waals surface area contributed by atoms with Crippen LogP contribution in [0, 0.1) is 5.82 Å². The first kappa shape index (κ1) is 33.1. The standard InChI is InChI=1S/C26H26F7N9O3/c1-25(29,30)16-2-3-18(34-10-16)11-36-24(44)21-13-41(39-37-21)7-6-17(27)12-42-14-22(38-40-42)23(43)35-9-15-8-19(4-5-20(15)28)45-26(31,32)33/h2-5,8,10,13,17,22H,6-7,9,11-12,14H2,1H3,(H,35,43)(H,36,44). The SMILES string of the molecule is CC(F)(F)c1ccc(CNC(=O)c2cn(CCC(F)CN3CC(C(=O)NCc4cc(OC(F)(F)F)ccc4F)N=N3)nn2)nc1. The highest BCUT2D eigenvalue weighted by molar-refractivity contribution is 5.91. The Morgan fingerprint density at radius 2 is 1.89 bits per heavy atom. The van der Waals surface area contributed by atoms with Crippen molar-refractivity contribution in [1.82, 2.24) is 35.6 Å². The molecule has 0 radical (unpaired) electrons. The first-order chi connectivity index (χ1) is 21.2. The third-order valence-corrected chi connectivity index (χ3v) is 6.32. The van der Waals surface area contributed by atoms with Crippen LogP contribution in [-0.4, -0.2) is 68.5 Å². The van der Waals surface area contributed by atoms with Gasteiger partial charge in [0.15, 0.2) is 11.7 Å². The maximum Gasteiger partial charge on any atom is 0.573 e. The maximum atomic E-state index is 14.6. The molecule has 0 bridgehead atoms. The Kier molecular flexibility index (Phi) is 10.2. The maximum absolute atomic E-state index is 14.6. The van der Waals surface area contributed by atoms with Gasteiger partial charge in [-0.2, -0.15) is 5.11 Å². The fourth-order valence-electron chi connectivity index (χ4n) is 3.99. The molecule has 1 aliphatic heterocycles. The van der Waals surface area contributed by atoms with Crippen molar-refractivity contribution in [3.63, 3.8) is 0 Å². The highest BCUT2D eigenvalue weighted by Crippen LogP contribution is 2.26. The fourth-order valence-corrected chi connectivity index (χ4v) is 3.99. The number of rotatable bonds is 13. The van der Waals surface area contributed by atoms with Crippen LogP contribution in [0.25, 0.3) is 0 Å². The number of hydrogen-bond acceptors (Lipinski definition) is 9. The minimum absolute atomic E-state index is 0.0434. The van der Waals surface area contributed by atoms with Gasteiger partial charge in [-0.25, -0.2) is 17.6 Å². The summed E-state index contributed by atoms with van der Waals surface area (Å²) in [4.78, 5) is 28.7. The van der Waals surface area contributed by atoms with E-state index in [-0.39, 0.29) is 49.4 Å². The topological polar surface area (TPSA) is 139 Å². The Hall–Kier alpha value is -4.84. The van der Waals surface area contributed by atoms with Crippen LogP contribution < -0.4 is 15.4 Å². The van der Waals surface area contributed by atoms with Crippen molar-refractivity contribution in [3.8, 4) is 5.75 Å². The highest BCUT2D eigenvalue weighted by Gasteiger charge is 2.32. The van der Waals surface area contributed by atoms with Crippen LogP contribution in [0.3, 0.4) is 0 Å². The molecule has 2 unspecified atom stereocenters. The van der Waals surface area contributed by atoms with E-state index in [9.17, 15) is 40.3 Å². The zero-order valence-electron chi connectivity index (χ0n) is 23.4. The zero-order chi connectivity index (χ0) is 32.8. The predicted molar refractivity (Wildman–Crippen MR) is 140 cm³/mol. The molecule has 2 N–H and O–H groups in total. The van der Waals surface area contributed by atoms with Gasteiger partial charge in [-0.15, -0.1) is 18.3 Å². The highest BCUT2D eigenvalue weighted by atomic mass is 19.4. The van der Waals surface area contributed by atoms with Crippen LogP contribution >= 0.6 is 0 Å². The van der Waals surface area contributed by atoms with Gasteiger partial charge >= 0.3 is 6.36 Å². The monoisotopic (exact) mass is 645 g/mol. The van der Waals surface area contributed by atoms with E-state index >= 15 is 0 Å². The lowest BCUT2D eigenvalue weighted by Gasteiger charge is -2.16. The number of halogens is 7. The Labute approximate surface area is 250 Å². The molecule has 242 valence electrons. The normalized spacial score (nSPS) is 15.6. The lowest BCUT2D eigenvalue weighted by molar-refractivity contribution is -0.274. The molecule has 2 aromatic heterocycles. The van der Waals surface area contributed by atoms with Crippen LogP contribution in [0.15, 0.2) is 53.1 Å². The van der Waals surface area contributed by atoms with E-state index in [1.165, 1.54) is 28.0 Å². The van der Waals surface area contributed by atoms with Gasteiger partial charge in [-0.1, -0.05) is 10.4 Å². The van der Waals surface area contributed by atoms with Crippen molar-refractivity contribution < 1.29 is 45.1 Å². The van der Waals surface area contributed by atoms with E-state index in [0.717, 1.165) is 31.3 Å². The molecule has 0 saturated heterocycles. The summed E-state index contributed by atoms with van der Waals surface area (Å²) in [7, 11) is 0. The first-order valence-corrected chi connectivity index (χ1v) is 13.3. The van der Waals surface area contributed by atoms with Gasteiger partial charge in [0.1, 0.15) is 17.7 Å². The molecule has 0 aliphatic carbocycles. The summed E-state index contributed by atoms with van der Waals surface area (Å²) < 4.78 is 97.5. The number of ether oxygens (including phenoxy) is 1. The molecule has 0 fully saturated rings. The van der Waals surface area contributed by atoms with Gasteiger partial charge in [-0.3, -0.25) is 24.3 Å². The van der Waals surface area contributed by atoms with Gasteiger partial charge in [0.2, 0.25) is 5.91 Å². The molecule has 0 spiro atoms. The molecule has 3 heterocycles. The molecule has 0 saturated carbocycles. The van der Waals surface area contributed by atoms with E-state index in [2.05, 4.69) is 41.0 Å². The van der Waals surface area contributed by atoms with E-state index in [0.29, 0.717) is 5.69 Å². The average molecular weight is 646 g/mol. The summed E-state index contributed by atoms with van der Waals surface area (Å²) in [6, 6.07) is 3.90. The van der Waals surface area contributed by atoms with Crippen LogP contribution in [0.5, 0.6) is 5.75 Å². The van der Waals surface area contributed by atoms with Crippen LogP contribution in [0.1, 0.15) is 40.7 Å². The van der Waals surface area contributed by atoms with Crippen LogP contribution in [0.2, 0.25) is 0 Å². The first-order valence-electron chi connectivity index (χ1n) is 13.3. The lowest BCUT2D eigenvalue weighted by atomic mass is 10.1. The number of pyridine rings is 1. The lowest BCUT2D eigenvalue weighted by Crippen LogP contribution is -2.38. The van der Waals surface area contributed by atoms with E-state index in [1.807, 2.05) is 0 Å². The van der Waals surface area contributed by atoms with Crippen LogP contribution in [0.4, 0.5) is 30.7 Å². The molecule has 19 heteroatoms. The predicted octanol–water partition coefficient (Wildman–Crippen LogP) is 3.85. The van der Waals surface area contributed by atoms with Gasteiger partial charge < -0.3 is 15.4 Å². The molecule has 1 aliphatic rings. The quantitative estimate of drug-likeness (QED) is 0.269.